The van der Waals surface area contributed by atoms with E-state index in [4.69, 9.17) is 10.5 Å². The van der Waals surface area contributed by atoms with Gasteiger partial charge in [-0.25, -0.2) is 0 Å². The Balaban J connectivity index is 1.42. The molecule has 4 nitrogen and oxygen atoms in total. The summed E-state index contributed by atoms with van der Waals surface area (Å²) in [6.45, 7) is 2.13. The molecule has 0 aromatic heterocycles. The van der Waals surface area contributed by atoms with E-state index in [-0.39, 0.29) is 11.9 Å². The van der Waals surface area contributed by atoms with Gasteiger partial charge in [0, 0.05) is 24.7 Å². The fraction of sp³-hybridized carbons (Fsp3) is 0.409. The van der Waals surface area contributed by atoms with Crippen molar-refractivity contribution < 1.29 is 9.53 Å². The van der Waals surface area contributed by atoms with Crippen molar-refractivity contribution in [1.82, 2.24) is 4.90 Å². The number of carbonyl (C=O) groups is 1. The van der Waals surface area contributed by atoms with E-state index in [9.17, 15) is 4.79 Å². The molecule has 26 heavy (non-hydrogen) atoms. The molecule has 0 radical (unpaired) electrons. The molecule has 4 rings (SSSR count). The minimum Gasteiger partial charge on any atom is -0.489 e. The Bertz CT molecular complexity index is 762. The summed E-state index contributed by atoms with van der Waals surface area (Å²) in [5.41, 5.74) is 8.09. The third kappa shape index (κ3) is 3.61. The highest BCUT2D eigenvalue weighted by Crippen LogP contribution is 2.36. The largest absolute Gasteiger partial charge is 0.489 e. The number of likely N-dealkylation sites (tertiary alicyclic amines) is 1. The van der Waals surface area contributed by atoms with Gasteiger partial charge in [-0.05, 0) is 48.4 Å². The SMILES string of the molecule is NC1CCCC2CN(C(=O)c3cccc(OCc4ccccc4)c3)CC12. The molecule has 1 saturated heterocycles. The fourth-order valence-corrected chi connectivity index (χ4v) is 4.32. The van der Waals surface area contributed by atoms with Gasteiger partial charge in [-0.2, -0.15) is 0 Å². The number of ether oxygens (including phenoxy) is 1. The quantitative estimate of drug-likeness (QED) is 0.919. The molecule has 4 heteroatoms. The summed E-state index contributed by atoms with van der Waals surface area (Å²) in [4.78, 5) is 14.9. The van der Waals surface area contributed by atoms with Crippen molar-refractivity contribution in [3.05, 3.63) is 65.7 Å². The van der Waals surface area contributed by atoms with Gasteiger partial charge in [0.25, 0.3) is 5.91 Å². The van der Waals surface area contributed by atoms with Crippen LogP contribution < -0.4 is 10.5 Å². The van der Waals surface area contributed by atoms with E-state index in [1.807, 2.05) is 59.5 Å². The second-order valence-electron chi connectivity index (χ2n) is 7.53. The summed E-state index contributed by atoms with van der Waals surface area (Å²) in [7, 11) is 0. The molecule has 2 aromatic rings. The van der Waals surface area contributed by atoms with Gasteiger partial charge in [0.1, 0.15) is 12.4 Å². The average Bonchev–Trinajstić information content (AvgIpc) is 3.13. The Kier molecular flexibility index (Phi) is 4.93. The van der Waals surface area contributed by atoms with Crippen LogP contribution in [-0.2, 0) is 6.61 Å². The molecule has 3 atom stereocenters. The predicted molar refractivity (Wildman–Crippen MR) is 102 cm³/mol. The van der Waals surface area contributed by atoms with Crippen LogP contribution in [0.1, 0.15) is 35.2 Å². The monoisotopic (exact) mass is 350 g/mol. The van der Waals surface area contributed by atoms with Gasteiger partial charge < -0.3 is 15.4 Å². The second-order valence-corrected chi connectivity index (χ2v) is 7.53. The van der Waals surface area contributed by atoms with Gasteiger partial charge >= 0.3 is 0 Å². The summed E-state index contributed by atoms with van der Waals surface area (Å²) in [6, 6.07) is 17.8. The van der Waals surface area contributed by atoms with Gasteiger partial charge in [0.15, 0.2) is 0 Å². The predicted octanol–water partition coefficient (Wildman–Crippen LogP) is 3.47. The number of nitrogens with zero attached hydrogens (tertiary/aromatic N) is 1. The van der Waals surface area contributed by atoms with Crippen LogP contribution in [0.25, 0.3) is 0 Å². The molecule has 2 aromatic carbocycles. The van der Waals surface area contributed by atoms with E-state index in [1.54, 1.807) is 0 Å². The first-order chi connectivity index (χ1) is 12.7. The van der Waals surface area contributed by atoms with Crippen LogP contribution >= 0.6 is 0 Å². The van der Waals surface area contributed by atoms with Gasteiger partial charge in [-0.1, -0.05) is 42.8 Å². The van der Waals surface area contributed by atoms with Crippen molar-refractivity contribution in [3.63, 3.8) is 0 Å². The van der Waals surface area contributed by atoms with Gasteiger partial charge in [-0.15, -0.1) is 0 Å². The van der Waals surface area contributed by atoms with Crippen LogP contribution in [0.15, 0.2) is 54.6 Å². The third-order valence-corrected chi connectivity index (χ3v) is 5.77. The first-order valence-corrected chi connectivity index (χ1v) is 9.52. The number of nitrogens with two attached hydrogens (primary N) is 1. The number of hydrogen-bond donors (Lipinski definition) is 1. The van der Waals surface area contributed by atoms with Crippen LogP contribution in [-0.4, -0.2) is 29.9 Å². The molecule has 1 heterocycles. The van der Waals surface area contributed by atoms with Crippen molar-refractivity contribution in [2.45, 2.75) is 31.9 Å². The van der Waals surface area contributed by atoms with Crippen molar-refractivity contribution >= 4 is 5.91 Å². The number of amides is 1. The maximum absolute atomic E-state index is 13.0. The molecule has 1 amide bonds. The zero-order valence-corrected chi connectivity index (χ0v) is 15.0. The highest BCUT2D eigenvalue weighted by Gasteiger charge is 2.40. The fourth-order valence-electron chi connectivity index (χ4n) is 4.32. The zero-order valence-electron chi connectivity index (χ0n) is 15.0. The second kappa shape index (κ2) is 7.50. The summed E-state index contributed by atoms with van der Waals surface area (Å²) >= 11 is 0. The lowest BCUT2D eigenvalue weighted by molar-refractivity contribution is 0.0783. The minimum atomic E-state index is 0.0942. The number of carbonyl (C=O) groups excluding carboxylic acids is 1. The van der Waals surface area contributed by atoms with Gasteiger partial charge in [0.2, 0.25) is 0 Å². The van der Waals surface area contributed by atoms with E-state index in [0.717, 1.165) is 30.8 Å². The molecule has 2 fully saturated rings. The highest BCUT2D eigenvalue weighted by atomic mass is 16.5. The molecular weight excluding hydrogens is 324 g/mol. The first-order valence-electron chi connectivity index (χ1n) is 9.52. The standard InChI is InChI=1S/C22H26N2O2/c23-21-11-5-9-18-13-24(14-20(18)21)22(25)17-8-4-10-19(12-17)26-15-16-6-2-1-3-7-16/h1-4,6-8,10,12,18,20-21H,5,9,11,13-15,23H2. The van der Waals surface area contributed by atoms with E-state index in [0.29, 0.717) is 24.0 Å². The Morgan fingerprint density at radius 3 is 2.73 bits per heavy atom. The van der Waals surface area contributed by atoms with Crippen LogP contribution in [0.4, 0.5) is 0 Å². The molecule has 1 aliphatic heterocycles. The molecular formula is C22H26N2O2. The van der Waals surface area contributed by atoms with E-state index >= 15 is 0 Å². The normalized spacial score (nSPS) is 25.0. The lowest BCUT2D eigenvalue weighted by Crippen LogP contribution is -2.38. The van der Waals surface area contributed by atoms with Crippen molar-refractivity contribution in [1.29, 1.82) is 0 Å². The maximum atomic E-state index is 13.0. The topological polar surface area (TPSA) is 55.6 Å². The van der Waals surface area contributed by atoms with Crippen LogP contribution in [0.3, 0.4) is 0 Å². The molecule has 0 bridgehead atoms. The number of fused-ring (bicyclic) bond motifs is 1. The molecule has 1 aliphatic carbocycles. The Hall–Kier alpha value is -2.33. The lowest BCUT2D eigenvalue weighted by Gasteiger charge is -2.29. The summed E-state index contributed by atoms with van der Waals surface area (Å²) in [5, 5.41) is 0. The van der Waals surface area contributed by atoms with E-state index in [2.05, 4.69) is 0 Å². The Morgan fingerprint density at radius 2 is 1.92 bits per heavy atom. The van der Waals surface area contributed by atoms with Crippen molar-refractivity contribution in [2.75, 3.05) is 13.1 Å². The summed E-state index contributed by atoms with van der Waals surface area (Å²) in [6.07, 6.45) is 3.47. The molecule has 136 valence electrons. The van der Waals surface area contributed by atoms with Crippen LogP contribution in [0.5, 0.6) is 5.75 Å². The van der Waals surface area contributed by atoms with Crippen LogP contribution in [0.2, 0.25) is 0 Å². The minimum absolute atomic E-state index is 0.0942. The van der Waals surface area contributed by atoms with Crippen molar-refractivity contribution in [3.8, 4) is 5.75 Å². The van der Waals surface area contributed by atoms with Crippen molar-refractivity contribution in [2.24, 2.45) is 17.6 Å². The third-order valence-electron chi connectivity index (χ3n) is 5.77. The van der Waals surface area contributed by atoms with E-state index < -0.39 is 0 Å². The Morgan fingerprint density at radius 1 is 1.08 bits per heavy atom. The van der Waals surface area contributed by atoms with Gasteiger partial charge in [0.05, 0.1) is 0 Å². The zero-order chi connectivity index (χ0) is 17.9. The lowest BCUT2D eigenvalue weighted by atomic mass is 9.78. The van der Waals surface area contributed by atoms with E-state index in [1.165, 1.54) is 12.8 Å². The molecule has 1 saturated carbocycles. The number of hydrogen-bond acceptors (Lipinski definition) is 3. The summed E-state index contributed by atoms with van der Waals surface area (Å²) in [5.74, 6) is 1.86. The summed E-state index contributed by atoms with van der Waals surface area (Å²) < 4.78 is 5.87. The highest BCUT2D eigenvalue weighted by molar-refractivity contribution is 5.94. The molecule has 2 aliphatic rings. The smallest absolute Gasteiger partial charge is 0.254 e. The average molecular weight is 350 g/mol. The van der Waals surface area contributed by atoms with Crippen LogP contribution in [0, 0.1) is 11.8 Å². The molecule has 2 N–H and O–H groups in total. The maximum Gasteiger partial charge on any atom is 0.254 e. The van der Waals surface area contributed by atoms with Gasteiger partial charge in [-0.3, -0.25) is 4.79 Å². The number of rotatable bonds is 4. The Labute approximate surface area is 155 Å². The molecule has 0 spiro atoms. The first kappa shape index (κ1) is 17.1. The molecule has 3 unspecified atom stereocenters. The number of benzene rings is 2.